The average molecular weight is 289 g/mol. The minimum Gasteiger partial charge on any atom is -0.465 e. The first-order valence-electron chi connectivity index (χ1n) is 7.80. The maximum atomic E-state index is 12.5. The molecule has 0 unspecified atom stereocenters. The first-order chi connectivity index (χ1) is 10.2. The van der Waals surface area contributed by atoms with Crippen molar-refractivity contribution in [3.8, 4) is 0 Å². The van der Waals surface area contributed by atoms with Gasteiger partial charge < -0.3 is 9.47 Å². The number of esters is 1. The molecule has 4 nitrogen and oxygen atoms in total. The van der Waals surface area contributed by atoms with Crippen molar-refractivity contribution < 1.29 is 14.3 Å². The zero-order valence-electron chi connectivity index (χ0n) is 12.6. The quantitative estimate of drug-likeness (QED) is 0.797. The second kappa shape index (κ2) is 6.16. The summed E-state index contributed by atoms with van der Waals surface area (Å²) in [7, 11) is 0. The molecule has 2 fully saturated rings. The van der Waals surface area contributed by atoms with Gasteiger partial charge in [0.25, 0.3) is 0 Å². The first kappa shape index (κ1) is 14.5. The number of carbonyl (C=O) groups is 1. The Hall–Kier alpha value is -1.39. The highest BCUT2D eigenvalue weighted by Gasteiger charge is 2.54. The summed E-state index contributed by atoms with van der Waals surface area (Å²) in [6, 6.07) is 10.4. The summed E-state index contributed by atoms with van der Waals surface area (Å²) < 4.78 is 11.1. The highest BCUT2D eigenvalue weighted by atomic mass is 16.5. The van der Waals surface area contributed by atoms with Gasteiger partial charge in [0.1, 0.15) is 5.41 Å². The number of fused-ring (bicyclic) bond motifs is 1. The molecule has 2 aliphatic heterocycles. The Bertz CT molecular complexity index is 490. The Balaban J connectivity index is 1.74. The molecule has 114 valence electrons. The number of likely N-dealkylation sites (tertiary alicyclic amines) is 1. The minimum atomic E-state index is -0.455. The summed E-state index contributed by atoms with van der Waals surface area (Å²) in [6.45, 7) is 5.57. The van der Waals surface area contributed by atoms with E-state index in [1.807, 2.05) is 13.0 Å². The number of benzene rings is 1. The van der Waals surface area contributed by atoms with Crippen molar-refractivity contribution in [3.05, 3.63) is 35.9 Å². The summed E-state index contributed by atoms with van der Waals surface area (Å²) in [6.07, 6.45) is 1.72. The van der Waals surface area contributed by atoms with Gasteiger partial charge >= 0.3 is 5.97 Å². The van der Waals surface area contributed by atoms with E-state index in [1.165, 1.54) is 5.56 Å². The number of piperidine rings is 1. The first-order valence-corrected chi connectivity index (χ1v) is 7.80. The lowest BCUT2D eigenvalue weighted by atomic mass is 9.76. The predicted octanol–water partition coefficient (Wildman–Crippen LogP) is 2.23. The van der Waals surface area contributed by atoms with Crippen molar-refractivity contribution in [1.29, 1.82) is 0 Å². The average Bonchev–Trinajstić information content (AvgIpc) is 2.93. The summed E-state index contributed by atoms with van der Waals surface area (Å²) in [5.74, 6) is -0.0785. The Labute approximate surface area is 126 Å². The van der Waals surface area contributed by atoms with Crippen molar-refractivity contribution in [3.63, 3.8) is 0 Å². The fourth-order valence-corrected chi connectivity index (χ4v) is 3.57. The molecule has 2 saturated heterocycles. The van der Waals surface area contributed by atoms with E-state index in [2.05, 4.69) is 29.2 Å². The summed E-state index contributed by atoms with van der Waals surface area (Å²) >= 11 is 0. The van der Waals surface area contributed by atoms with Crippen molar-refractivity contribution in [1.82, 2.24) is 4.90 Å². The van der Waals surface area contributed by atoms with Crippen molar-refractivity contribution in [2.45, 2.75) is 32.4 Å². The summed E-state index contributed by atoms with van der Waals surface area (Å²) in [4.78, 5) is 14.8. The lowest BCUT2D eigenvalue weighted by Gasteiger charge is -2.41. The maximum absolute atomic E-state index is 12.5. The lowest BCUT2D eigenvalue weighted by Crippen LogP contribution is -2.54. The van der Waals surface area contributed by atoms with Crippen LogP contribution in [0.5, 0.6) is 0 Å². The van der Waals surface area contributed by atoms with Crippen molar-refractivity contribution in [2.24, 2.45) is 5.41 Å². The monoisotopic (exact) mass is 289 g/mol. The molecule has 1 aromatic rings. The van der Waals surface area contributed by atoms with Crippen LogP contribution >= 0.6 is 0 Å². The molecule has 0 bridgehead atoms. The molecule has 1 aromatic carbocycles. The van der Waals surface area contributed by atoms with Gasteiger partial charge in [-0.25, -0.2) is 0 Å². The van der Waals surface area contributed by atoms with Crippen LogP contribution in [0.1, 0.15) is 25.3 Å². The van der Waals surface area contributed by atoms with Gasteiger partial charge in [0, 0.05) is 26.2 Å². The van der Waals surface area contributed by atoms with E-state index < -0.39 is 5.41 Å². The fourth-order valence-electron chi connectivity index (χ4n) is 3.57. The Morgan fingerprint density at radius 1 is 1.43 bits per heavy atom. The number of ether oxygens (including phenoxy) is 2. The Kier molecular flexibility index (Phi) is 4.27. The van der Waals surface area contributed by atoms with Crippen LogP contribution in [0.2, 0.25) is 0 Å². The molecule has 0 N–H and O–H groups in total. The van der Waals surface area contributed by atoms with E-state index in [9.17, 15) is 4.79 Å². The third-order valence-electron chi connectivity index (χ3n) is 4.63. The van der Waals surface area contributed by atoms with Gasteiger partial charge in [0.2, 0.25) is 0 Å². The normalized spacial score (nSPS) is 29.1. The molecule has 4 heteroatoms. The molecule has 2 atom stereocenters. The Morgan fingerprint density at radius 3 is 3.00 bits per heavy atom. The number of hydrogen-bond acceptors (Lipinski definition) is 4. The number of hydrogen-bond donors (Lipinski definition) is 0. The topological polar surface area (TPSA) is 38.8 Å². The fraction of sp³-hybridized carbons (Fsp3) is 0.588. The molecular weight excluding hydrogens is 266 g/mol. The molecule has 0 radical (unpaired) electrons. The van der Waals surface area contributed by atoms with Gasteiger partial charge in [0.05, 0.1) is 12.7 Å². The second-order valence-electron chi connectivity index (χ2n) is 5.97. The molecular formula is C17H23NO3. The van der Waals surface area contributed by atoms with Crippen LogP contribution in [0.25, 0.3) is 0 Å². The summed E-state index contributed by atoms with van der Waals surface area (Å²) in [5, 5.41) is 0. The Morgan fingerprint density at radius 2 is 2.24 bits per heavy atom. The maximum Gasteiger partial charge on any atom is 0.316 e. The van der Waals surface area contributed by atoms with Crippen LogP contribution in [-0.4, -0.2) is 43.3 Å². The van der Waals surface area contributed by atoms with E-state index in [0.29, 0.717) is 13.2 Å². The van der Waals surface area contributed by atoms with Crippen LogP contribution in [0.15, 0.2) is 30.3 Å². The van der Waals surface area contributed by atoms with E-state index in [-0.39, 0.29) is 12.1 Å². The van der Waals surface area contributed by atoms with E-state index in [0.717, 1.165) is 32.5 Å². The zero-order valence-corrected chi connectivity index (χ0v) is 12.6. The van der Waals surface area contributed by atoms with Crippen LogP contribution in [-0.2, 0) is 20.8 Å². The summed E-state index contributed by atoms with van der Waals surface area (Å²) in [5.41, 5.74) is 0.831. The molecule has 0 aromatic heterocycles. The molecule has 3 rings (SSSR count). The zero-order chi connectivity index (χ0) is 14.7. The largest absolute Gasteiger partial charge is 0.465 e. The van der Waals surface area contributed by atoms with Crippen LogP contribution in [0.4, 0.5) is 0 Å². The second-order valence-corrected chi connectivity index (χ2v) is 5.97. The van der Waals surface area contributed by atoms with Gasteiger partial charge in [-0.15, -0.1) is 0 Å². The predicted molar refractivity (Wildman–Crippen MR) is 79.8 cm³/mol. The van der Waals surface area contributed by atoms with Crippen LogP contribution in [0, 0.1) is 5.41 Å². The van der Waals surface area contributed by atoms with Crippen LogP contribution in [0.3, 0.4) is 0 Å². The molecule has 0 amide bonds. The number of rotatable bonds is 4. The highest BCUT2D eigenvalue weighted by molar-refractivity contribution is 5.78. The van der Waals surface area contributed by atoms with Gasteiger partial charge in [-0.05, 0) is 25.3 Å². The molecule has 2 heterocycles. The van der Waals surface area contributed by atoms with Gasteiger partial charge in [-0.1, -0.05) is 30.3 Å². The van der Waals surface area contributed by atoms with E-state index >= 15 is 0 Å². The van der Waals surface area contributed by atoms with E-state index in [1.54, 1.807) is 0 Å². The number of carbonyl (C=O) groups excluding carboxylic acids is 1. The minimum absolute atomic E-state index is 0.0311. The standard InChI is InChI=1S/C17H23NO3/c1-2-20-16(19)17-9-11-21-15(17)8-10-18(13-17)12-14-6-4-3-5-7-14/h3-7,15H,2,8-13H2,1H3/t15-,17-/m0/s1. The third kappa shape index (κ3) is 2.83. The smallest absolute Gasteiger partial charge is 0.316 e. The molecule has 2 aliphatic rings. The van der Waals surface area contributed by atoms with E-state index in [4.69, 9.17) is 9.47 Å². The van der Waals surface area contributed by atoms with Gasteiger partial charge in [0.15, 0.2) is 0 Å². The van der Waals surface area contributed by atoms with Crippen molar-refractivity contribution in [2.75, 3.05) is 26.3 Å². The SMILES string of the molecule is CCOC(=O)[C@]12CCO[C@H]1CCN(Cc1ccccc1)C2. The van der Waals surface area contributed by atoms with Crippen LogP contribution < -0.4 is 0 Å². The number of nitrogens with zero attached hydrogens (tertiary/aromatic N) is 1. The molecule has 0 aliphatic carbocycles. The third-order valence-corrected chi connectivity index (χ3v) is 4.63. The van der Waals surface area contributed by atoms with Gasteiger partial charge in [-0.2, -0.15) is 0 Å². The molecule has 0 saturated carbocycles. The molecule has 0 spiro atoms. The van der Waals surface area contributed by atoms with Crippen molar-refractivity contribution >= 4 is 5.97 Å². The van der Waals surface area contributed by atoms with Gasteiger partial charge in [-0.3, -0.25) is 9.69 Å². The highest BCUT2D eigenvalue weighted by Crippen LogP contribution is 2.42. The molecule has 21 heavy (non-hydrogen) atoms. The lowest BCUT2D eigenvalue weighted by molar-refractivity contribution is -0.164.